The van der Waals surface area contributed by atoms with Crippen molar-refractivity contribution in [1.29, 1.82) is 0 Å². The van der Waals surface area contributed by atoms with Crippen LogP contribution < -0.4 is 10.5 Å². The molecule has 3 aromatic rings. The van der Waals surface area contributed by atoms with E-state index in [1.54, 1.807) is 6.20 Å². The molecule has 1 fully saturated rings. The van der Waals surface area contributed by atoms with E-state index in [1.807, 2.05) is 36.7 Å². The monoisotopic (exact) mass is 370 g/mol. The molecule has 1 atom stereocenters. The first-order chi connectivity index (χ1) is 13.7. The Morgan fingerprint density at radius 2 is 1.89 bits per heavy atom. The van der Waals surface area contributed by atoms with Gasteiger partial charge in [0.1, 0.15) is 12.4 Å². The number of amidine groups is 1. The number of rotatable bonds is 2. The van der Waals surface area contributed by atoms with Gasteiger partial charge in [-0.2, -0.15) is 0 Å². The zero-order valence-electron chi connectivity index (χ0n) is 15.1. The van der Waals surface area contributed by atoms with Crippen molar-refractivity contribution in [1.82, 2.24) is 9.97 Å². The van der Waals surface area contributed by atoms with Crippen LogP contribution in [0.15, 0.2) is 60.0 Å². The highest BCUT2D eigenvalue weighted by molar-refractivity contribution is 5.77. The maximum atomic E-state index is 6.20. The van der Waals surface area contributed by atoms with Gasteiger partial charge in [0.15, 0.2) is 11.3 Å². The lowest BCUT2D eigenvalue weighted by molar-refractivity contribution is 0.264. The second-order valence-corrected chi connectivity index (χ2v) is 7.53. The first-order valence-electron chi connectivity index (χ1n) is 9.44. The summed E-state index contributed by atoms with van der Waals surface area (Å²) in [4.78, 5) is 13.6. The molecule has 6 nitrogen and oxygen atoms in total. The van der Waals surface area contributed by atoms with Gasteiger partial charge in [0.05, 0.1) is 6.20 Å². The number of aromatic nitrogens is 2. The van der Waals surface area contributed by atoms with Crippen molar-refractivity contribution >= 4 is 6.02 Å². The van der Waals surface area contributed by atoms with Crippen LogP contribution in [0.3, 0.4) is 0 Å². The van der Waals surface area contributed by atoms with Crippen molar-refractivity contribution in [3.63, 3.8) is 0 Å². The van der Waals surface area contributed by atoms with Crippen LogP contribution in [0.2, 0.25) is 0 Å². The Bertz CT molecular complexity index is 1120. The van der Waals surface area contributed by atoms with Crippen LogP contribution in [-0.2, 0) is 10.3 Å². The molecule has 2 aromatic heterocycles. The summed E-state index contributed by atoms with van der Waals surface area (Å²) in [6.45, 7) is 0.354. The zero-order chi connectivity index (χ0) is 18.7. The van der Waals surface area contributed by atoms with Gasteiger partial charge in [-0.1, -0.05) is 12.1 Å². The van der Waals surface area contributed by atoms with E-state index >= 15 is 0 Å². The van der Waals surface area contributed by atoms with Crippen molar-refractivity contribution in [2.24, 2.45) is 10.7 Å². The van der Waals surface area contributed by atoms with Gasteiger partial charge in [-0.15, -0.1) is 0 Å². The minimum absolute atomic E-state index is 0.204. The fraction of sp³-hybridized carbons (Fsp3) is 0.227. The smallest absolute Gasteiger partial charge is 0.283 e. The van der Waals surface area contributed by atoms with E-state index in [1.165, 1.54) is 12.8 Å². The number of aliphatic imine (C=N–C) groups is 1. The zero-order valence-corrected chi connectivity index (χ0v) is 15.1. The first-order valence-corrected chi connectivity index (χ1v) is 9.44. The van der Waals surface area contributed by atoms with Crippen molar-refractivity contribution in [3.8, 4) is 22.6 Å². The van der Waals surface area contributed by atoms with E-state index < -0.39 is 5.54 Å². The summed E-state index contributed by atoms with van der Waals surface area (Å²) in [5.74, 6) is 2.00. The summed E-state index contributed by atoms with van der Waals surface area (Å²) in [5.41, 5.74) is 10.4. The quantitative estimate of drug-likeness (QED) is 0.743. The van der Waals surface area contributed by atoms with Crippen LogP contribution in [0, 0.1) is 0 Å². The molecule has 0 bridgehead atoms. The predicted octanol–water partition coefficient (Wildman–Crippen LogP) is 3.72. The lowest BCUT2D eigenvalue weighted by Crippen LogP contribution is -2.31. The van der Waals surface area contributed by atoms with Gasteiger partial charge in [0, 0.05) is 40.7 Å². The highest BCUT2D eigenvalue weighted by Gasteiger charge is 2.47. The van der Waals surface area contributed by atoms with Gasteiger partial charge in [-0.25, -0.2) is 4.99 Å². The van der Waals surface area contributed by atoms with Crippen LogP contribution in [0.4, 0.5) is 0 Å². The average Bonchev–Trinajstić information content (AvgIpc) is 3.51. The molecular formula is C22H18N4O2. The molecule has 28 heavy (non-hydrogen) atoms. The fourth-order valence-corrected chi connectivity index (χ4v) is 4.09. The number of ether oxygens (including phenoxy) is 2. The maximum Gasteiger partial charge on any atom is 0.283 e. The summed E-state index contributed by atoms with van der Waals surface area (Å²) in [6.07, 6.45) is 7.80. The highest BCUT2D eigenvalue weighted by Crippen LogP contribution is 2.52. The van der Waals surface area contributed by atoms with Gasteiger partial charge in [-0.05, 0) is 42.7 Å². The largest absolute Gasteiger partial charge is 0.462 e. The van der Waals surface area contributed by atoms with E-state index in [0.717, 1.165) is 33.7 Å². The van der Waals surface area contributed by atoms with Crippen molar-refractivity contribution in [2.75, 3.05) is 6.61 Å². The molecule has 0 unspecified atom stereocenters. The number of hydrogen-bond donors (Lipinski definition) is 1. The lowest BCUT2D eigenvalue weighted by atomic mass is 9.80. The number of benzene rings is 1. The minimum atomic E-state index is -0.711. The van der Waals surface area contributed by atoms with Crippen molar-refractivity contribution < 1.29 is 9.47 Å². The Kier molecular flexibility index (Phi) is 3.10. The standard InChI is InChI=1S/C22H18N4O2/c23-21-26-22(12-27-21)16-8-14(15-2-1-7-24-10-15)5-6-19(16)28-20-11-25-18(9-17(20)22)13-3-4-13/h1-2,5-11,13H,3-4,12H2,(H2,23,26)/t22-/m1/s1. The van der Waals surface area contributed by atoms with E-state index in [-0.39, 0.29) is 6.02 Å². The second kappa shape index (κ2) is 5.55. The van der Waals surface area contributed by atoms with E-state index in [2.05, 4.69) is 22.1 Å². The molecule has 1 saturated carbocycles. The maximum absolute atomic E-state index is 6.20. The molecule has 138 valence electrons. The third kappa shape index (κ3) is 2.24. The highest BCUT2D eigenvalue weighted by atomic mass is 16.5. The topological polar surface area (TPSA) is 82.6 Å². The molecule has 1 aromatic carbocycles. The van der Waals surface area contributed by atoms with Gasteiger partial charge in [-0.3, -0.25) is 9.97 Å². The SMILES string of the molecule is NC1=N[C@]2(CO1)c1cc(-c3cccnc3)ccc1Oc1cnc(C3CC3)cc12. The molecule has 4 heterocycles. The Balaban J connectivity index is 1.57. The Hall–Kier alpha value is -3.41. The minimum Gasteiger partial charge on any atom is -0.462 e. The van der Waals surface area contributed by atoms with Gasteiger partial charge in [0.25, 0.3) is 6.02 Å². The Morgan fingerprint density at radius 1 is 1.00 bits per heavy atom. The van der Waals surface area contributed by atoms with Crippen molar-refractivity contribution in [2.45, 2.75) is 24.3 Å². The summed E-state index contributed by atoms with van der Waals surface area (Å²) >= 11 is 0. The van der Waals surface area contributed by atoms with Gasteiger partial charge >= 0.3 is 0 Å². The third-order valence-corrected chi connectivity index (χ3v) is 5.70. The summed E-state index contributed by atoms with van der Waals surface area (Å²) in [7, 11) is 0. The molecule has 1 aliphatic carbocycles. The molecule has 6 heteroatoms. The molecule has 2 N–H and O–H groups in total. The Morgan fingerprint density at radius 3 is 2.64 bits per heavy atom. The van der Waals surface area contributed by atoms with Gasteiger partial charge < -0.3 is 15.2 Å². The molecule has 3 aliphatic rings. The molecular weight excluding hydrogens is 352 g/mol. The van der Waals surface area contributed by atoms with Crippen LogP contribution >= 0.6 is 0 Å². The first kappa shape index (κ1) is 15.6. The van der Waals surface area contributed by atoms with E-state index in [4.69, 9.17) is 20.2 Å². The van der Waals surface area contributed by atoms with Crippen LogP contribution in [0.25, 0.3) is 11.1 Å². The van der Waals surface area contributed by atoms with E-state index in [0.29, 0.717) is 18.3 Å². The Labute approximate surface area is 162 Å². The van der Waals surface area contributed by atoms with E-state index in [9.17, 15) is 0 Å². The fourth-order valence-electron chi connectivity index (χ4n) is 4.09. The third-order valence-electron chi connectivity index (χ3n) is 5.70. The molecule has 6 rings (SSSR count). The number of fused-ring (bicyclic) bond motifs is 4. The van der Waals surface area contributed by atoms with Crippen molar-refractivity contribution in [3.05, 3.63) is 71.8 Å². The van der Waals surface area contributed by atoms with Crippen LogP contribution in [0.5, 0.6) is 11.5 Å². The lowest BCUT2D eigenvalue weighted by Gasteiger charge is -2.33. The number of hydrogen-bond acceptors (Lipinski definition) is 6. The van der Waals surface area contributed by atoms with Crippen LogP contribution in [0.1, 0.15) is 35.6 Å². The second-order valence-electron chi connectivity index (χ2n) is 7.53. The van der Waals surface area contributed by atoms with Gasteiger partial charge in [0.2, 0.25) is 0 Å². The number of pyridine rings is 2. The summed E-state index contributed by atoms with van der Waals surface area (Å²) < 4.78 is 11.9. The normalized spacial score (nSPS) is 22.1. The number of nitrogens with zero attached hydrogens (tertiary/aromatic N) is 3. The summed E-state index contributed by atoms with van der Waals surface area (Å²) in [6, 6.07) is 12.4. The average molecular weight is 370 g/mol. The number of nitrogens with two attached hydrogens (primary N) is 1. The summed E-state index contributed by atoms with van der Waals surface area (Å²) in [5, 5.41) is 0. The predicted molar refractivity (Wildman–Crippen MR) is 104 cm³/mol. The molecule has 0 radical (unpaired) electrons. The molecule has 1 spiro atoms. The molecule has 0 amide bonds. The van der Waals surface area contributed by atoms with Crippen LogP contribution in [-0.4, -0.2) is 22.6 Å². The molecule has 2 aliphatic heterocycles. The molecule has 0 saturated heterocycles.